The maximum absolute atomic E-state index is 6.35. The third kappa shape index (κ3) is 3.71. The van der Waals surface area contributed by atoms with Gasteiger partial charge in [0.15, 0.2) is 0 Å². The van der Waals surface area contributed by atoms with Gasteiger partial charge in [0.1, 0.15) is 0 Å². The smallest absolute Gasteiger partial charge is 0.0987 e. The van der Waals surface area contributed by atoms with Crippen LogP contribution in [0.25, 0.3) is 0 Å². The van der Waals surface area contributed by atoms with Crippen molar-refractivity contribution in [3.8, 4) is 0 Å². The molecule has 2 rings (SSSR count). The van der Waals surface area contributed by atoms with E-state index in [9.17, 15) is 0 Å². The molecule has 19 heavy (non-hydrogen) atoms. The average molecular weight is 269 g/mol. The normalized spacial score (nSPS) is 41.8. The molecule has 2 fully saturated rings. The number of hydrogen-bond donors (Lipinski definition) is 1. The van der Waals surface area contributed by atoms with Crippen LogP contribution in [0.1, 0.15) is 53.4 Å². The third-order valence-electron chi connectivity index (χ3n) is 4.70. The molecular weight excluding hydrogens is 238 g/mol. The van der Waals surface area contributed by atoms with E-state index in [2.05, 4.69) is 33.0 Å². The number of hydrogen-bond acceptors (Lipinski definition) is 3. The number of methoxy groups -OCH3 is 1. The lowest BCUT2D eigenvalue weighted by molar-refractivity contribution is -0.172. The molecule has 0 aromatic rings. The lowest BCUT2D eigenvalue weighted by atomic mass is 9.71. The summed E-state index contributed by atoms with van der Waals surface area (Å²) in [6.07, 6.45) is 5.77. The summed E-state index contributed by atoms with van der Waals surface area (Å²) >= 11 is 0. The second-order valence-corrected chi connectivity index (χ2v) is 7.31. The zero-order valence-corrected chi connectivity index (χ0v) is 13.2. The zero-order chi connectivity index (χ0) is 14.0. The summed E-state index contributed by atoms with van der Waals surface area (Å²) in [5.74, 6) is 0.777. The van der Waals surface area contributed by atoms with E-state index in [1.165, 1.54) is 19.3 Å². The first-order valence-corrected chi connectivity index (χ1v) is 7.87. The average Bonchev–Trinajstić information content (AvgIpc) is 2.25. The van der Waals surface area contributed by atoms with Crippen molar-refractivity contribution in [1.82, 2.24) is 5.32 Å². The van der Waals surface area contributed by atoms with Gasteiger partial charge in [-0.15, -0.1) is 0 Å². The molecule has 0 spiro atoms. The molecule has 2 aliphatic carbocycles. The minimum atomic E-state index is 0.236. The Morgan fingerprint density at radius 2 is 1.95 bits per heavy atom. The van der Waals surface area contributed by atoms with Crippen molar-refractivity contribution >= 4 is 0 Å². The molecule has 0 saturated heterocycles. The molecule has 3 nitrogen and oxygen atoms in total. The second kappa shape index (κ2) is 6.11. The van der Waals surface area contributed by atoms with E-state index in [0.29, 0.717) is 23.7 Å². The summed E-state index contributed by atoms with van der Waals surface area (Å²) < 4.78 is 11.9. The fourth-order valence-corrected chi connectivity index (χ4v) is 4.10. The molecule has 0 aromatic carbocycles. The van der Waals surface area contributed by atoms with E-state index in [-0.39, 0.29) is 6.10 Å². The van der Waals surface area contributed by atoms with Crippen LogP contribution in [-0.4, -0.2) is 38.0 Å². The van der Waals surface area contributed by atoms with Crippen LogP contribution in [0.5, 0.6) is 0 Å². The largest absolute Gasteiger partial charge is 0.377 e. The molecule has 3 heteroatoms. The molecule has 2 saturated carbocycles. The van der Waals surface area contributed by atoms with E-state index in [1.807, 2.05) is 0 Å². The van der Waals surface area contributed by atoms with Crippen LogP contribution in [-0.2, 0) is 9.47 Å². The van der Waals surface area contributed by atoms with E-state index in [0.717, 1.165) is 18.9 Å². The van der Waals surface area contributed by atoms with E-state index in [1.54, 1.807) is 7.11 Å². The van der Waals surface area contributed by atoms with Crippen LogP contribution in [0.2, 0.25) is 0 Å². The van der Waals surface area contributed by atoms with Crippen molar-refractivity contribution in [1.29, 1.82) is 0 Å². The van der Waals surface area contributed by atoms with Crippen LogP contribution in [0.4, 0.5) is 0 Å². The van der Waals surface area contributed by atoms with Crippen LogP contribution < -0.4 is 5.32 Å². The van der Waals surface area contributed by atoms with Gasteiger partial charge in [0.05, 0.1) is 18.3 Å². The van der Waals surface area contributed by atoms with Crippen LogP contribution in [0, 0.1) is 11.3 Å². The Morgan fingerprint density at radius 3 is 2.53 bits per heavy atom. The summed E-state index contributed by atoms with van der Waals surface area (Å²) in [6.45, 7) is 10.2. The fourth-order valence-electron chi connectivity index (χ4n) is 4.10. The molecule has 0 aliphatic heterocycles. The Labute approximate surface area is 118 Å². The van der Waals surface area contributed by atoms with Crippen molar-refractivity contribution in [2.45, 2.75) is 77.7 Å². The highest BCUT2D eigenvalue weighted by atomic mass is 16.5. The Kier molecular flexibility index (Phi) is 4.91. The highest BCUT2D eigenvalue weighted by molar-refractivity contribution is 4.98. The standard InChI is InChI=1S/C16H31NO2/c1-6-17-13-8-14(15(13)18-5)19-12-7-11(2)9-16(3,4)10-12/h11-15,17H,6-10H2,1-5H3. The number of ether oxygens (including phenoxy) is 2. The maximum atomic E-state index is 6.35. The first-order chi connectivity index (χ1) is 8.95. The molecule has 0 amide bonds. The monoisotopic (exact) mass is 269 g/mol. The molecule has 0 radical (unpaired) electrons. The maximum Gasteiger partial charge on any atom is 0.0987 e. The SMILES string of the molecule is CCNC1CC(OC2CC(C)CC(C)(C)C2)C1OC. The Hall–Kier alpha value is -0.120. The second-order valence-electron chi connectivity index (χ2n) is 7.31. The van der Waals surface area contributed by atoms with E-state index < -0.39 is 0 Å². The van der Waals surface area contributed by atoms with Crippen molar-refractivity contribution in [3.63, 3.8) is 0 Å². The highest BCUT2D eigenvalue weighted by Crippen LogP contribution is 2.41. The lowest BCUT2D eigenvalue weighted by Crippen LogP contribution is -2.60. The van der Waals surface area contributed by atoms with E-state index in [4.69, 9.17) is 9.47 Å². The summed E-state index contributed by atoms with van der Waals surface area (Å²) in [5.41, 5.74) is 0.426. The summed E-state index contributed by atoms with van der Waals surface area (Å²) in [5, 5.41) is 3.47. The topological polar surface area (TPSA) is 30.5 Å². The van der Waals surface area contributed by atoms with Crippen molar-refractivity contribution in [2.24, 2.45) is 11.3 Å². The van der Waals surface area contributed by atoms with Gasteiger partial charge in [-0.2, -0.15) is 0 Å². The van der Waals surface area contributed by atoms with Crippen LogP contribution >= 0.6 is 0 Å². The molecule has 2 aliphatic rings. The molecule has 0 heterocycles. The number of nitrogens with one attached hydrogen (secondary N) is 1. The summed E-state index contributed by atoms with van der Waals surface area (Å²) in [4.78, 5) is 0. The van der Waals surface area contributed by atoms with Crippen LogP contribution in [0.15, 0.2) is 0 Å². The Bertz CT molecular complexity index is 292. The van der Waals surface area contributed by atoms with Gasteiger partial charge in [0.2, 0.25) is 0 Å². The lowest BCUT2D eigenvalue weighted by Gasteiger charge is -2.47. The molecule has 1 N–H and O–H groups in total. The van der Waals surface area contributed by atoms with Gasteiger partial charge in [-0.05, 0) is 43.6 Å². The number of likely N-dealkylation sites (N-methyl/N-ethyl adjacent to an activating group) is 1. The molecular formula is C16H31NO2. The zero-order valence-electron chi connectivity index (χ0n) is 13.2. The summed E-state index contributed by atoms with van der Waals surface area (Å²) in [7, 11) is 1.80. The van der Waals surface area contributed by atoms with Gasteiger partial charge in [-0.3, -0.25) is 0 Å². The molecule has 112 valence electrons. The van der Waals surface area contributed by atoms with Crippen molar-refractivity contribution in [2.75, 3.05) is 13.7 Å². The first-order valence-electron chi connectivity index (χ1n) is 7.87. The molecule has 5 atom stereocenters. The predicted octanol–water partition coefficient (Wildman–Crippen LogP) is 2.98. The van der Waals surface area contributed by atoms with Gasteiger partial charge >= 0.3 is 0 Å². The summed E-state index contributed by atoms with van der Waals surface area (Å²) in [6, 6.07) is 0.481. The van der Waals surface area contributed by atoms with Gasteiger partial charge in [0, 0.05) is 13.2 Å². The predicted molar refractivity (Wildman–Crippen MR) is 78.3 cm³/mol. The van der Waals surface area contributed by atoms with Crippen molar-refractivity contribution in [3.05, 3.63) is 0 Å². The van der Waals surface area contributed by atoms with Gasteiger partial charge in [-0.1, -0.05) is 27.7 Å². The highest BCUT2D eigenvalue weighted by Gasteiger charge is 2.44. The van der Waals surface area contributed by atoms with E-state index >= 15 is 0 Å². The van der Waals surface area contributed by atoms with Crippen LogP contribution in [0.3, 0.4) is 0 Å². The molecule has 0 aromatic heterocycles. The fraction of sp³-hybridized carbons (Fsp3) is 1.00. The third-order valence-corrected chi connectivity index (χ3v) is 4.70. The van der Waals surface area contributed by atoms with Gasteiger partial charge in [-0.25, -0.2) is 0 Å². The van der Waals surface area contributed by atoms with Crippen molar-refractivity contribution < 1.29 is 9.47 Å². The minimum Gasteiger partial charge on any atom is -0.377 e. The van der Waals surface area contributed by atoms with Gasteiger partial charge in [0.25, 0.3) is 0 Å². The minimum absolute atomic E-state index is 0.236. The quantitative estimate of drug-likeness (QED) is 0.832. The Morgan fingerprint density at radius 1 is 1.21 bits per heavy atom. The first kappa shape index (κ1) is 15.3. The molecule has 0 bridgehead atoms. The Balaban J connectivity index is 1.84. The molecule has 5 unspecified atom stereocenters. The van der Waals surface area contributed by atoms with Gasteiger partial charge < -0.3 is 14.8 Å². The number of rotatable bonds is 5.